The zero-order valence-corrected chi connectivity index (χ0v) is 16.9. The third-order valence-electron chi connectivity index (χ3n) is 3.76. The number of nitrogens with zero attached hydrogens (tertiary/aromatic N) is 3. The van der Waals surface area contributed by atoms with Crippen molar-refractivity contribution in [3.8, 4) is 34.6 Å². The summed E-state index contributed by atoms with van der Waals surface area (Å²) in [4.78, 5) is 12.0. The van der Waals surface area contributed by atoms with Gasteiger partial charge in [0.2, 0.25) is 5.88 Å². The first-order chi connectivity index (χ1) is 12.9. The van der Waals surface area contributed by atoms with Gasteiger partial charge >= 0.3 is 0 Å². The molecule has 0 saturated heterocycles. The number of aromatic amines is 1. The van der Waals surface area contributed by atoms with Crippen LogP contribution in [0.1, 0.15) is 26.3 Å². The summed E-state index contributed by atoms with van der Waals surface area (Å²) in [5, 5.41) is 9.03. The van der Waals surface area contributed by atoms with E-state index in [1.165, 1.54) is 0 Å². The van der Waals surface area contributed by atoms with Crippen LogP contribution < -0.4 is 4.74 Å². The van der Waals surface area contributed by atoms with Gasteiger partial charge in [-0.05, 0) is 39.0 Å². The number of aromatic nitrogens is 3. The Kier molecular flexibility index (Phi) is 7.16. The Labute approximate surface area is 171 Å². The first-order valence-electron chi connectivity index (χ1n) is 8.73. The molecule has 6 nitrogen and oxygen atoms in total. The maximum absolute atomic E-state index is 9.03. The molecule has 0 fully saturated rings. The lowest BCUT2D eigenvalue weighted by atomic mass is 10.1. The van der Waals surface area contributed by atoms with Gasteiger partial charge in [-0.3, -0.25) is 0 Å². The zero-order valence-electron chi connectivity index (χ0n) is 16.1. The van der Waals surface area contributed by atoms with Gasteiger partial charge in [0.05, 0.1) is 35.7 Å². The molecule has 3 aromatic rings. The zero-order chi connectivity index (χ0) is 19.3. The highest BCUT2D eigenvalue weighted by molar-refractivity contribution is 5.85. The Morgan fingerprint density at radius 2 is 1.86 bits per heavy atom. The van der Waals surface area contributed by atoms with E-state index in [9.17, 15) is 0 Å². The van der Waals surface area contributed by atoms with Crippen molar-refractivity contribution in [3.63, 3.8) is 0 Å². The fraction of sp³-hybridized carbons (Fsp3) is 0.286. The molecule has 1 aromatic carbocycles. The van der Waals surface area contributed by atoms with E-state index in [0.29, 0.717) is 30.5 Å². The molecule has 3 rings (SSSR count). The Morgan fingerprint density at radius 1 is 1.04 bits per heavy atom. The van der Waals surface area contributed by atoms with E-state index >= 15 is 0 Å². The van der Waals surface area contributed by atoms with Crippen LogP contribution in [0.3, 0.4) is 0 Å². The van der Waals surface area contributed by atoms with Gasteiger partial charge in [-0.2, -0.15) is 5.26 Å². The first-order valence-corrected chi connectivity index (χ1v) is 8.73. The highest BCUT2D eigenvalue weighted by Crippen LogP contribution is 2.23. The van der Waals surface area contributed by atoms with E-state index in [2.05, 4.69) is 21.0 Å². The van der Waals surface area contributed by atoms with Gasteiger partial charge in [0.15, 0.2) is 0 Å². The molecule has 0 aliphatic heterocycles. The standard InChI is InChI=1S/C21H22N4O2.ClH/c1-21(2,3)27-10-9-26-19-8-7-17(13-23-19)20-24-14-18(25-20)16-6-4-5-15(11-16)12-22;/h4-8,11,13-14H,9-10H2,1-3H3,(H,24,25);1H. The van der Waals surface area contributed by atoms with Gasteiger partial charge in [0.1, 0.15) is 12.4 Å². The minimum Gasteiger partial charge on any atom is -0.475 e. The first kappa shape index (κ1) is 21.4. The number of halogens is 1. The van der Waals surface area contributed by atoms with Gasteiger partial charge in [0.25, 0.3) is 0 Å². The minimum atomic E-state index is -0.176. The lowest BCUT2D eigenvalue weighted by Gasteiger charge is -2.19. The molecule has 0 spiro atoms. The second-order valence-corrected chi connectivity index (χ2v) is 7.03. The van der Waals surface area contributed by atoms with E-state index in [0.717, 1.165) is 16.8 Å². The van der Waals surface area contributed by atoms with E-state index < -0.39 is 0 Å². The van der Waals surface area contributed by atoms with Gasteiger partial charge in [0, 0.05) is 23.4 Å². The maximum atomic E-state index is 9.03. The van der Waals surface area contributed by atoms with Crippen LogP contribution in [0.2, 0.25) is 0 Å². The average Bonchev–Trinajstić information content (AvgIpc) is 3.15. The molecular formula is C21H23ClN4O2. The summed E-state index contributed by atoms with van der Waals surface area (Å²) in [6.45, 7) is 6.98. The Hall–Kier alpha value is -2.88. The summed E-state index contributed by atoms with van der Waals surface area (Å²) >= 11 is 0. The molecule has 0 saturated carbocycles. The molecule has 2 heterocycles. The van der Waals surface area contributed by atoms with E-state index in [-0.39, 0.29) is 18.0 Å². The van der Waals surface area contributed by atoms with Crippen molar-refractivity contribution >= 4 is 12.4 Å². The smallest absolute Gasteiger partial charge is 0.213 e. The second kappa shape index (κ2) is 9.36. The van der Waals surface area contributed by atoms with Gasteiger partial charge in [-0.25, -0.2) is 9.97 Å². The monoisotopic (exact) mass is 398 g/mol. The fourth-order valence-electron chi connectivity index (χ4n) is 2.47. The van der Waals surface area contributed by atoms with Crippen LogP contribution >= 0.6 is 12.4 Å². The Morgan fingerprint density at radius 3 is 2.54 bits per heavy atom. The van der Waals surface area contributed by atoms with Crippen molar-refractivity contribution in [2.45, 2.75) is 26.4 Å². The minimum absolute atomic E-state index is 0. The number of nitrogens with one attached hydrogen (secondary N) is 1. The SMILES string of the molecule is CC(C)(C)OCCOc1ccc(-c2ncc(-c3cccc(C#N)c3)[nH]2)cn1.Cl. The average molecular weight is 399 g/mol. The molecule has 0 bridgehead atoms. The number of benzene rings is 1. The lowest BCUT2D eigenvalue weighted by molar-refractivity contribution is -0.0168. The summed E-state index contributed by atoms with van der Waals surface area (Å²) in [6.07, 6.45) is 3.47. The van der Waals surface area contributed by atoms with Crippen LogP contribution in [0.5, 0.6) is 5.88 Å². The summed E-state index contributed by atoms with van der Waals surface area (Å²) in [5.74, 6) is 1.26. The van der Waals surface area contributed by atoms with Gasteiger partial charge in [-0.1, -0.05) is 12.1 Å². The van der Waals surface area contributed by atoms with Gasteiger partial charge in [-0.15, -0.1) is 12.4 Å². The summed E-state index contributed by atoms with van der Waals surface area (Å²) in [6, 6.07) is 13.2. The number of imidazole rings is 1. The normalized spacial score (nSPS) is 10.8. The van der Waals surface area contributed by atoms with Crippen LogP contribution in [0.25, 0.3) is 22.6 Å². The number of ether oxygens (including phenoxy) is 2. The summed E-state index contributed by atoms with van der Waals surface area (Å²) < 4.78 is 11.2. The number of pyridine rings is 1. The molecule has 0 amide bonds. The van der Waals surface area contributed by atoms with Crippen molar-refractivity contribution < 1.29 is 9.47 Å². The Balaban J connectivity index is 0.00000280. The largest absolute Gasteiger partial charge is 0.475 e. The quantitative estimate of drug-likeness (QED) is 0.612. The topological polar surface area (TPSA) is 83.8 Å². The molecule has 0 radical (unpaired) electrons. The van der Waals surface area contributed by atoms with Crippen molar-refractivity contribution in [1.29, 1.82) is 5.26 Å². The predicted octanol–water partition coefficient (Wildman–Crippen LogP) is 4.63. The van der Waals surface area contributed by atoms with E-state index in [1.807, 2.05) is 51.1 Å². The van der Waals surface area contributed by atoms with E-state index in [4.69, 9.17) is 14.7 Å². The van der Waals surface area contributed by atoms with Crippen molar-refractivity contribution in [2.24, 2.45) is 0 Å². The molecule has 0 atom stereocenters. The molecule has 2 aromatic heterocycles. The molecule has 0 aliphatic rings. The van der Waals surface area contributed by atoms with Crippen molar-refractivity contribution in [2.75, 3.05) is 13.2 Å². The van der Waals surface area contributed by atoms with E-state index in [1.54, 1.807) is 18.5 Å². The number of rotatable bonds is 6. The highest BCUT2D eigenvalue weighted by Gasteiger charge is 2.10. The molecule has 146 valence electrons. The number of hydrogen-bond acceptors (Lipinski definition) is 5. The third kappa shape index (κ3) is 5.81. The molecule has 0 unspecified atom stereocenters. The molecule has 0 aliphatic carbocycles. The van der Waals surface area contributed by atoms with Crippen LogP contribution in [-0.4, -0.2) is 33.8 Å². The van der Waals surface area contributed by atoms with Crippen LogP contribution in [0.15, 0.2) is 48.8 Å². The number of hydrogen-bond donors (Lipinski definition) is 1. The fourth-order valence-corrected chi connectivity index (χ4v) is 2.47. The Bertz CT molecular complexity index is 940. The second-order valence-electron chi connectivity index (χ2n) is 7.03. The highest BCUT2D eigenvalue weighted by atomic mass is 35.5. The van der Waals surface area contributed by atoms with Gasteiger partial charge < -0.3 is 14.5 Å². The molecule has 1 N–H and O–H groups in total. The summed E-state index contributed by atoms with van der Waals surface area (Å²) in [5.41, 5.74) is 3.06. The third-order valence-corrected chi connectivity index (χ3v) is 3.76. The molecular weight excluding hydrogens is 376 g/mol. The van der Waals surface area contributed by atoms with Crippen LogP contribution in [-0.2, 0) is 4.74 Å². The summed E-state index contributed by atoms with van der Waals surface area (Å²) in [7, 11) is 0. The number of nitriles is 1. The maximum Gasteiger partial charge on any atom is 0.213 e. The number of H-pyrrole nitrogens is 1. The lowest BCUT2D eigenvalue weighted by Crippen LogP contribution is -2.22. The van der Waals surface area contributed by atoms with Crippen LogP contribution in [0.4, 0.5) is 0 Å². The van der Waals surface area contributed by atoms with Crippen molar-refractivity contribution in [3.05, 3.63) is 54.4 Å². The van der Waals surface area contributed by atoms with Crippen molar-refractivity contribution in [1.82, 2.24) is 15.0 Å². The molecule has 7 heteroatoms. The predicted molar refractivity (Wildman–Crippen MR) is 110 cm³/mol. The van der Waals surface area contributed by atoms with Crippen LogP contribution in [0, 0.1) is 11.3 Å². The molecule has 28 heavy (non-hydrogen) atoms.